The minimum atomic E-state index is 0.362. The van der Waals surface area contributed by atoms with Gasteiger partial charge in [-0.2, -0.15) is 5.26 Å². The Balaban J connectivity index is 2.89. The van der Waals surface area contributed by atoms with Crippen LogP contribution in [-0.4, -0.2) is 0 Å². The summed E-state index contributed by atoms with van der Waals surface area (Å²) in [4.78, 5) is 0. The maximum absolute atomic E-state index is 8.71. The standard InChI is InChI=1S/C11H8BrNO/c1-6-3-10-9(7(2)11(6)12)4-8(5-13)14-10/h3-4H,1-2H3. The summed E-state index contributed by atoms with van der Waals surface area (Å²) in [5.41, 5.74) is 3.01. The fourth-order valence-corrected chi connectivity index (χ4v) is 1.86. The summed E-state index contributed by atoms with van der Waals surface area (Å²) in [6.07, 6.45) is 0. The third kappa shape index (κ3) is 1.23. The van der Waals surface area contributed by atoms with Gasteiger partial charge in [-0.15, -0.1) is 0 Å². The van der Waals surface area contributed by atoms with Gasteiger partial charge in [0.15, 0.2) is 0 Å². The Morgan fingerprint density at radius 3 is 2.71 bits per heavy atom. The molecule has 70 valence electrons. The lowest BCUT2D eigenvalue weighted by molar-refractivity contribution is 0.599. The number of hydrogen-bond donors (Lipinski definition) is 0. The number of halogens is 1. The van der Waals surface area contributed by atoms with Gasteiger partial charge in [-0.05, 0) is 31.0 Å². The normalized spacial score (nSPS) is 10.4. The molecule has 2 nitrogen and oxygen atoms in total. The lowest BCUT2D eigenvalue weighted by atomic mass is 10.1. The largest absolute Gasteiger partial charge is 0.446 e. The molecule has 0 spiro atoms. The molecule has 0 atom stereocenters. The molecule has 0 fully saturated rings. The smallest absolute Gasteiger partial charge is 0.204 e. The van der Waals surface area contributed by atoms with E-state index in [0.29, 0.717) is 5.76 Å². The van der Waals surface area contributed by atoms with Gasteiger partial charge in [0, 0.05) is 15.9 Å². The van der Waals surface area contributed by atoms with Gasteiger partial charge in [0.05, 0.1) is 0 Å². The molecule has 3 heteroatoms. The first kappa shape index (κ1) is 9.29. The Bertz CT molecular complexity index is 548. The number of nitriles is 1. The van der Waals surface area contributed by atoms with Crippen LogP contribution in [0.25, 0.3) is 11.0 Å². The van der Waals surface area contributed by atoms with Crippen LogP contribution in [0.5, 0.6) is 0 Å². The number of nitrogens with zero attached hydrogens (tertiary/aromatic N) is 1. The van der Waals surface area contributed by atoms with Gasteiger partial charge >= 0.3 is 0 Å². The number of rotatable bonds is 0. The predicted octanol–water partition coefficient (Wildman–Crippen LogP) is 3.68. The van der Waals surface area contributed by atoms with Crippen LogP contribution in [0, 0.1) is 25.2 Å². The number of aryl methyl sites for hydroxylation is 2. The van der Waals surface area contributed by atoms with Gasteiger partial charge in [-0.3, -0.25) is 0 Å². The molecule has 0 amide bonds. The maximum atomic E-state index is 8.71. The monoisotopic (exact) mass is 249 g/mol. The highest BCUT2D eigenvalue weighted by Gasteiger charge is 2.09. The number of fused-ring (bicyclic) bond motifs is 1. The second-order valence-corrected chi connectivity index (χ2v) is 4.06. The molecule has 0 radical (unpaired) electrons. The van der Waals surface area contributed by atoms with E-state index in [0.717, 1.165) is 26.6 Å². The summed E-state index contributed by atoms with van der Waals surface area (Å²) in [6.45, 7) is 4.02. The lowest BCUT2D eigenvalue weighted by Crippen LogP contribution is -1.81. The minimum Gasteiger partial charge on any atom is -0.446 e. The zero-order valence-electron chi connectivity index (χ0n) is 7.89. The van der Waals surface area contributed by atoms with Gasteiger partial charge in [0.25, 0.3) is 0 Å². The van der Waals surface area contributed by atoms with Crippen molar-refractivity contribution < 1.29 is 4.42 Å². The van der Waals surface area contributed by atoms with Gasteiger partial charge in [0.1, 0.15) is 11.7 Å². The van der Waals surface area contributed by atoms with E-state index in [-0.39, 0.29) is 0 Å². The molecular formula is C11H8BrNO. The van der Waals surface area contributed by atoms with Gasteiger partial charge in [0.2, 0.25) is 5.76 Å². The van der Waals surface area contributed by atoms with Crippen LogP contribution in [0.2, 0.25) is 0 Å². The molecule has 0 aliphatic rings. The Kier molecular flexibility index (Phi) is 2.09. The summed E-state index contributed by atoms with van der Waals surface area (Å²) in [7, 11) is 0. The van der Waals surface area contributed by atoms with Crippen molar-refractivity contribution in [3.63, 3.8) is 0 Å². The van der Waals surface area contributed by atoms with Crippen LogP contribution < -0.4 is 0 Å². The molecule has 2 aromatic rings. The van der Waals surface area contributed by atoms with E-state index in [1.165, 1.54) is 0 Å². The third-order valence-electron chi connectivity index (χ3n) is 2.30. The van der Waals surface area contributed by atoms with Crippen molar-refractivity contribution in [1.29, 1.82) is 5.26 Å². The first-order valence-corrected chi connectivity index (χ1v) is 5.02. The van der Waals surface area contributed by atoms with Crippen molar-refractivity contribution in [2.24, 2.45) is 0 Å². The number of hydrogen-bond acceptors (Lipinski definition) is 2. The Morgan fingerprint density at radius 2 is 2.07 bits per heavy atom. The van der Waals surface area contributed by atoms with Gasteiger partial charge in [-0.25, -0.2) is 0 Å². The van der Waals surface area contributed by atoms with Crippen LogP contribution in [0.15, 0.2) is 21.0 Å². The Hall–Kier alpha value is -1.27. The van der Waals surface area contributed by atoms with E-state index in [2.05, 4.69) is 15.9 Å². The molecule has 0 saturated heterocycles. The fourth-order valence-electron chi connectivity index (χ4n) is 1.53. The molecule has 0 bridgehead atoms. The summed E-state index contributed by atoms with van der Waals surface area (Å²) in [5.74, 6) is 0.362. The summed E-state index contributed by atoms with van der Waals surface area (Å²) in [6, 6.07) is 5.71. The van der Waals surface area contributed by atoms with E-state index >= 15 is 0 Å². The second-order valence-electron chi connectivity index (χ2n) is 3.27. The second kappa shape index (κ2) is 3.14. The van der Waals surface area contributed by atoms with Gasteiger partial charge < -0.3 is 4.42 Å². The predicted molar refractivity (Wildman–Crippen MR) is 58.1 cm³/mol. The topological polar surface area (TPSA) is 36.9 Å². The van der Waals surface area contributed by atoms with E-state index < -0.39 is 0 Å². The molecule has 0 N–H and O–H groups in total. The first-order chi connectivity index (χ1) is 6.63. The molecular weight excluding hydrogens is 242 g/mol. The van der Waals surface area contributed by atoms with Crippen molar-refractivity contribution in [1.82, 2.24) is 0 Å². The Morgan fingerprint density at radius 1 is 1.36 bits per heavy atom. The van der Waals surface area contributed by atoms with E-state index in [4.69, 9.17) is 9.68 Å². The zero-order chi connectivity index (χ0) is 10.3. The minimum absolute atomic E-state index is 0.362. The molecule has 2 rings (SSSR count). The Labute approximate surface area is 90.3 Å². The molecule has 0 unspecified atom stereocenters. The average molecular weight is 250 g/mol. The molecule has 1 heterocycles. The number of furan rings is 1. The molecule has 14 heavy (non-hydrogen) atoms. The lowest BCUT2D eigenvalue weighted by Gasteiger charge is -2.02. The van der Waals surface area contributed by atoms with Crippen molar-refractivity contribution in [2.45, 2.75) is 13.8 Å². The molecule has 0 saturated carbocycles. The molecule has 0 aliphatic carbocycles. The summed E-state index contributed by atoms with van der Waals surface area (Å²) in [5, 5.41) is 9.71. The van der Waals surface area contributed by atoms with Crippen molar-refractivity contribution >= 4 is 26.9 Å². The highest BCUT2D eigenvalue weighted by Crippen LogP contribution is 2.31. The summed E-state index contributed by atoms with van der Waals surface area (Å²) >= 11 is 3.51. The van der Waals surface area contributed by atoms with Crippen molar-refractivity contribution in [3.8, 4) is 6.07 Å². The molecule has 0 aliphatic heterocycles. The van der Waals surface area contributed by atoms with E-state index in [1.54, 1.807) is 6.07 Å². The van der Waals surface area contributed by atoms with Crippen LogP contribution in [-0.2, 0) is 0 Å². The quantitative estimate of drug-likeness (QED) is 0.715. The van der Waals surface area contributed by atoms with Crippen molar-refractivity contribution in [3.05, 3.63) is 33.5 Å². The third-order valence-corrected chi connectivity index (χ3v) is 3.52. The van der Waals surface area contributed by atoms with E-state index in [1.807, 2.05) is 26.0 Å². The van der Waals surface area contributed by atoms with E-state index in [9.17, 15) is 0 Å². The highest BCUT2D eigenvalue weighted by atomic mass is 79.9. The first-order valence-electron chi connectivity index (χ1n) is 4.23. The highest BCUT2D eigenvalue weighted by molar-refractivity contribution is 9.10. The van der Waals surface area contributed by atoms with Crippen molar-refractivity contribution in [2.75, 3.05) is 0 Å². The average Bonchev–Trinajstić information content (AvgIpc) is 2.57. The molecule has 1 aromatic heterocycles. The zero-order valence-corrected chi connectivity index (χ0v) is 9.47. The number of benzene rings is 1. The fraction of sp³-hybridized carbons (Fsp3) is 0.182. The molecule has 1 aromatic carbocycles. The van der Waals surface area contributed by atoms with Gasteiger partial charge in [-0.1, -0.05) is 15.9 Å². The van der Waals surface area contributed by atoms with Crippen LogP contribution in [0.1, 0.15) is 16.9 Å². The SMILES string of the molecule is Cc1cc2oc(C#N)cc2c(C)c1Br. The summed E-state index contributed by atoms with van der Waals surface area (Å²) < 4.78 is 6.43. The van der Waals surface area contributed by atoms with Crippen LogP contribution >= 0.6 is 15.9 Å². The van der Waals surface area contributed by atoms with Crippen LogP contribution in [0.3, 0.4) is 0 Å². The maximum Gasteiger partial charge on any atom is 0.204 e. The van der Waals surface area contributed by atoms with Crippen LogP contribution in [0.4, 0.5) is 0 Å².